The third-order valence-electron chi connectivity index (χ3n) is 3.42. The minimum atomic E-state index is 0.201. The third kappa shape index (κ3) is 4.75. The molecule has 0 spiro atoms. The van der Waals surface area contributed by atoms with E-state index in [4.69, 9.17) is 0 Å². The van der Waals surface area contributed by atoms with Gasteiger partial charge in [-0.2, -0.15) is 0 Å². The van der Waals surface area contributed by atoms with Gasteiger partial charge in [-0.25, -0.2) is 0 Å². The van der Waals surface area contributed by atoms with Crippen molar-refractivity contribution >= 4 is 11.6 Å². The summed E-state index contributed by atoms with van der Waals surface area (Å²) in [6.45, 7) is 4.89. The highest BCUT2D eigenvalue weighted by molar-refractivity contribution is 5.93. The van der Waals surface area contributed by atoms with Gasteiger partial charge >= 0.3 is 0 Å². The summed E-state index contributed by atoms with van der Waals surface area (Å²) in [5.41, 5.74) is 2.25. The van der Waals surface area contributed by atoms with Gasteiger partial charge in [0.1, 0.15) is 0 Å². The van der Waals surface area contributed by atoms with Gasteiger partial charge in [0, 0.05) is 18.7 Å². The summed E-state index contributed by atoms with van der Waals surface area (Å²) in [5, 5.41) is 0. The van der Waals surface area contributed by atoms with Crippen molar-refractivity contribution in [1.29, 1.82) is 0 Å². The van der Waals surface area contributed by atoms with Crippen LogP contribution in [0.15, 0.2) is 60.7 Å². The SMILES string of the molecule is CC(C)CC(=O)N(CCc1ccccc1)c1ccccc1. The maximum Gasteiger partial charge on any atom is 0.227 e. The van der Waals surface area contributed by atoms with Gasteiger partial charge in [0.25, 0.3) is 0 Å². The second kappa shape index (κ2) is 7.63. The van der Waals surface area contributed by atoms with E-state index in [0.29, 0.717) is 12.3 Å². The highest BCUT2D eigenvalue weighted by atomic mass is 16.2. The van der Waals surface area contributed by atoms with Crippen LogP contribution in [0.2, 0.25) is 0 Å². The first-order valence-electron chi connectivity index (χ1n) is 7.56. The van der Waals surface area contributed by atoms with Gasteiger partial charge in [-0.05, 0) is 30.0 Å². The predicted octanol–water partition coefficient (Wildman–Crippen LogP) is 4.31. The molecule has 0 aliphatic rings. The van der Waals surface area contributed by atoms with E-state index in [1.54, 1.807) is 0 Å². The Bertz CT molecular complexity index is 548. The lowest BCUT2D eigenvalue weighted by Gasteiger charge is -2.24. The lowest BCUT2D eigenvalue weighted by Crippen LogP contribution is -2.33. The van der Waals surface area contributed by atoms with Crippen molar-refractivity contribution in [1.82, 2.24) is 0 Å². The lowest BCUT2D eigenvalue weighted by molar-refractivity contribution is -0.119. The third-order valence-corrected chi connectivity index (χ3v) is 3.42. The van der Waals surface area contributed by atoms with Crippen molar-refractivity contribution in [2.75, 3.05) is 11.4 Å². The number of para-hydroxylation sites is 1. The fourth-order valence-corrected chi connectivity index (χ4v) is 2.35. The molecule has 1 amide bonds. The van der Waals surface area contributed by atoms with E-state index in [0.717, 1.165) is 18.7 Å². The van der Waals surface area contributed by atoms with Crippen molar-refractivity contribution in [3.05, 3.63) is 66.2 Å². The molecular formula is C19H23NO. The van der Waals surface area contributed by atoms with Crippen molar-refractivity contribution in [3.8, 4) is 0 Å². The number of anilines is 1. The van der Waals surface area contributed by atoms with Crippen LogP contribution in [0.25, 0.3) is 0 Å². The van der Waals surface area contributed by atoms with Gasteiger partial charge in [-0.1, -0.05) is 62.4 Å². The number of hydrogen-bond acceptors (Lipinski definition) is 1. The minimum absolute atomic E-state index is 0.201. The van der Waals surface area contributed by atoms with Crippen molar-refractivity contribution in [3.63, 3.8) is 0 Å². The summed E-state index contributed by atoms with van der Waals surface area (Å²) >= 11 is 0. The molecule has 0 aromatic heterocycles. The van der Waals surface area contributed by atoms with Crippen molar-refractivity contribution < 1.29 is 4.79 Å². The highest BCUT2D eigenvalue weighted by Gasteiger charge is 2.16. The molecule has 2 rings (SSSR count). The van der Waals surface area contributed by atoms with Crippen LogP contribution in [0.1, 0.15) is 25.8 Å². The number of rotatable bonds is 6. The van der Waals surface area contributed by atoms with Gasteiger partial charge in [0.2, 0.25) is 5.91 Å². The number of hydrogen-bond donors (Lipinski definition) is 0. The molecule has 0 atom stereocenters. The van der Waals surface area contributed by atoms with Crippen LogP contribution in [-0.4, -0.2) is 12.5 Å². The van der Waals surface area contributed by atoms with E-state index in [1.807, 2.05) is 53.4 Å². The second-order valence-corrected chi connectivity index (χ2v) is 5.71. The van der Waals surface area contributed by atoms with Crippen LogP contribution >= 0.6 is 0 Å². The average Bonchev–Trinajstić information content (AvgIpc) is 2.49. The molecule has 0 fully saturated rings. The molecule has 0 bridgehead atoms. The van der Waals surface area contributed by atoms with E-state index in [9.17, 15) is 4.79 Å². The summed E-state index contributed by atoms with van der Waals surface area (Å²) in [6, 6.07) is 20.3. The fourth-order valence-electron chi connectivity index (χ4n) is 2.35. The molecule has 0 radical (unpaired) electrons. The molecule has 2 aromatic carbocycles. The van der Waals surface area contributed by atoms with E-state index >= 15 is 0 Å². The van der Waals surface area contributed by atoms with Gasteiger partial charge in [0.05, 0.1) is 0 Å². The maximum absolute atomic E-state index is 12.5. The molecular weight excluding hydrogens is 258 g/mol. The van der Waals surface area contributed by atoms with Crippen LogP contribution in [0, 0.1) is 5.92 Å². The lowest BCUT2D eigenvalue weighted by atomic mass is 10.1. The van der Waals surface area contributed by atoms with Crippen molar-refractivity contribution in [2.24, 2.45) is 5.92 Å². The first-order chi connectivity index (χ1) is 10.2. The molecule has 110 valence electrons. The Kier molecular flexibility index (Phi) is 5.56. The van der Waals surface area contributed by atoms with Crippen LogP contribution in [0.4, 0.5) is 5.69 Å². The molecule has 21 heavy (non-hydrogen) atoms. The Balaban J connectivity index is 2.10. The number of carbonyl (C=O) groups excluding carboxylic acids is 1. The van der Waals surface area contributed by atoms with Gasteiger partial charge in [-0.3, -0.25) is 4.79 Å². The highest BCUT2D eigenvalue weighted by Crippen LogP contribution is 2.17. The molecule has 0 aliphatic carbocycles. The maximum atomic E-state index is 12.5. The van der Waals surface area contributed by atoms with Crippen LogP contribution < -0.4 is 4.90 Å². The summed E-state index contributed by atoms with van der Waals surface area (Å²) in [6.07, 6.45) is 1.46. The zero-order valence-electron chi connectivity index (χ0n) is 12.8. The monoisotopic (exact) mass is 281 g/mol. The normalized spacial score (nSPS) is 10.6. The Morgan fingerprint density at radius 1 is 0.952 bits per heavy atom. The molecule has 2 heteroatoms. The second-order valence-electron chi connectivity index (χ2n) is 5.71. The average molecular weight is 281 g/mol. The zero-order valence-corrected chi connectivity index (χ0v) is 12.8. The molecule has 0 unspecified atom stereocenters. The van der Waals surface area contributed by atoms with E-state index < -0.39 is 0 Å². The number of nitrogens with zero attached hydrogens (tertiary/aromatic N) is 1. The number of carbonyl (C=O) groups is 1. The van der Waals surface area contributed by atoms with Crippen molar-refractivity contribution in [2.45, 2.75) is 26.7 Å². The predicted molar refractivity (Wildman–Crippen MR) is 88.4 cm³/mol. The fraction of sp³-hybridized carbons (Fsp3) is 0.316. The Hall–Kier alpha value is -2.09. The quantitative estimate of drug-likeness (QED) is 0.772. The number of amides is 1. The smallest absolute Gasteiger partial charge is 0.227 e. The molecule has 0 aliphatic heterocycles. The van der Waals surface area contributed by atoms with E-state index in [-0.39, 0.29) is 5.91 Å². The van der Waals surface area contributed by atoms with Crippen LogP contribution in [0.3, 0.4) is 0 Å². The first-order valence-corrected chi connectivity index (χ1v) is 7.56. The molecule has 2 nitrogen and oxygen atoms in total. The summed E-state index contributed by atoms with van der Waals surface area (Å²) in [4.78, 5) is 14.4. The van der Waals surface area contributed by atoms with E-state index in [2.05, 4.69) is 26.0 Å². The molecule has 0 saturated carbocycles. The minimum Gasteiger partial charge on any atom is -0.312 e. The topological polar surface area (TPSA) is 20.3 Å². The molecule has 0 saturated heterocycles. The zero-order chi connectivity index (χ0) is 15.1. The first kappa shape index (κ1) is 15.3. The Morgan fingerprint density at radius 2 is 1.52 bits per heavy atom. The standard InChI is InChI=1S/C19H23NO/c1-16(2)15-19(21)20(18-11-7-4-8-12-18)14-13-17-9-5-3-6-10-17/h3-12,16H,13-15H2,1-2H3. The summed E-state index contributed by atoms with van der Waals surface area (Å²) in [5.74, 6) is 0.576. The van der Waals surface area contributed by atoms with Gasteiger partial charge < -0.3 is 4.90 Å². The van der Waals surface area contributed by atoms with E-state index in [1.165, 1.54) is 5.56 Å². The molecule has 0 heterocycles. The summed E-state index contributed by atoms with van der Waals surface area (Å²) in [7, 11) is 0. The Labute approximate surface area is 127 Å². The largest absolute Gasteiger partial charge is 0.312 e. The molecule has 2 aromatic rings. The van der Waals surface area contributed by atoms with Crippen LogP contribution in [-0.2, 0) is 11.2 Å². The summed E-state index contributed by atoms with van der Waals surface area (Å²) < 4.78 is 0. The van der Waals surface area contributed by atoms with Crippen LogP contribution in [0.5, 0.6) is 0 Å². The molecule has 0 N–H and O–H groups in total. The Morgan fingerprint density at radius 3 is 2.10 bits per heavy atom. The number of benzene rings is 2. The van der Waals surface area contributed by atoms with Gasteiger partial charge in [-0.15, -0.1) is 0 Å². The van der Waals surface area contributed by atoms with Gasteiger partial charge in [0.15, 0.2) is 0 Å².